The number of ether oxygens (including phenoxy) is 2. The molecule has 0 heterocycles. The van der Waals surface area contributed by atoms with Crippen LogP contribution in [0.2, 0.25) is 0 Å². The summed E-state index contributed by atoms with van der Waals surface area (Å²) in [4.78, 5) is 33.5. The van der Waals surface area contributed by atoms with Gasteiger partial charge in [0.2, 0.25) is 0 Å². The molecule has 0 aliphatic rings. The first kappa shape index (κ1) is 17.7. The van der Waals surface area contributed by atoms with E-state index in [1.165, 1.54) is 31.4 Å². The number of non-ortho nitro benzene ring substituents is 1. The zero-order valence-corrected chi connectivity index (χ0v) is 13.2. The number of hydrazine groups is 1. The van der Waals surface area contributed by atoms with E-state index in [2.05, 4.69) is 10.9 Å². The van der Waals surface area contributed by atoms with Gasteiger partial charge in [-0.3, -0.25) is 30.6 Å². The molecule has 0 aliphatic heterocycles. The lowest BCUT2D eigenvalue weighted by Gasteiger charge is -2.11. The lowest BCUT2D eigenvalue weighted by molar-refractivity contribution is -0.384. The van der Waals surface area contributed by atoms with E-state index >= 15 is 0 Å². The van der Waals surface area contributed by atoms with Gasteiger partial charge in [0.15, 0.2) is 18.1 Å². The number of amides is 2. The Hall–Kier alpha value is -3.62. The fourth-order valence-corrected chi connectivity index (χ4v) is 1.85. The predicted molar refractivity (Wildman–Crippen MR) is 87.2 cm³/mol. The summed E-state index contributed by atoms with van der Waals surface area (Å²) < 4.78 is 10.4. The molecule has 130 valence electrons. The smallest absolute Gasteiger partial charge is 0.276 e. The fraction of sp³-hybridized carbons (Fsp3) is 0.125. The van der Waals surface area contributed by atoms with Gasteiger partial charge >= 0.3 is 0 Å². The number of carbonyl (C=O) groups is 2. The quantitative estimate of drug-likeness (QED) is 0.604. The van der Waals surface area contributed by atoms with Crippen molar-refractivity contribution in [2.24, 2.45) is 0 Å². The van der Waals surface area contributed by atoms with Crippen LogP contribution in [-0.4, -0.2) is 30.5 Å². The van der Waals surface area contributed by atoms with Crippen molar-refractivity contribution in [2.75, 3.05) is 13.7 Å². The summed E-state index contributed by atoms with van der Waals surface area (Å²) in [6.45, 7) is -0.332. The van der Waals surface area contributed by atoms with E-state index in [1.54, 1.807) is 24.3 Å². The molecule has 0 bridgehead atoms. The third-order valence-corrected chi connectivity index (χ3v) is 3.08. The second-order valence-corrected chi connectivity index (χ2v) is 4.75. The molecule has 0 unspecified atom stereocenters. The van der Waals surface area contributed by atoms with Crippen LogP contribution >= 0.6 is 0 Å². The second kappa shape index (κ2) is 8.29. The minimum atomic E-state index is -0.611. The lowest BCUT2D eigenvalue weighted by atomic mass is 10.2. The van der Waals surface area contributed by atoms with E-state index in [-0.39, 0.29) is 17.9 Å². The molecule has 2 aromatic rings. The Bertz CT molecular complexity index is 776. The highest BCUT2D eigenvalue weighted by Gasteiger charge is 2.11. The number of nitro groups is 1. The zero-order valence-electron chi connectivity index (χ0n) is 13.2. The Kier molecular flexibility index (Phi) is 5.88. The Morgan fingerprint density at radius 1 is 1.04 bits per heavy atom. The molecule has 9 heteroatoms. The van der Waals surface area contributed by atoms with Gasteiger partial charge in [0.05, 0.1) is 12.0 Å². The van der Waals surface area contributed by atoms with Crippen LogP contribution in [0, 0.1) is 10.1 Å². The average Bonchev–Trinajstić information content (AvgIpc) is 2.64. The third kappa shape index (κ3) is 4.93. The van der Waals surface area contributed by atoms with Crippen molar-refractivity contribution in [1.29, 1.82) is 0 Å². The molecular weight excluding hydrogens is 330 g/mol. The molecule has 0 saturated carbocycles. The number of rotatable bonds is 6. The van der Waals surface area contributed by atoms with Crippen LogP contribution in [0.3, 0.4) is 0 Å². The molecule has 2 amide bonds. The van der Waals surface area contributed by atoms with E-state index in [9.17, 15) is 19.7 Å². The molecule has 0 fully saturated rings. The van der Waals surface area contributed by atoms with Crippen LogP contribution in [0.5, 0.6) is 11.5 Å². The number of benzene rings is 2. The van der Waals surface area contributed by atoms with Crippen molar-refractivity contribution >= 4 is 17.5 Å². The van der Waals surface area contributed by atoms with Crippen molar-refractivity contribution in [1.82, 2.24) is 10.9 Å². The Morgan fingerprint density at radius 2 is 1.68 bits per heavy atom. The molecule has 0 radical (unpaired) electrons. The number of hydrogen-bond donors (Lipinski definition) is 2. The fourth-order valence-electron chi connectivity index (χ4n) is 1.85. The van der Waals surface area contributed by atoms with Gasteiger partial charge in [0.1, 0.15) is 0 Å². The number of methoxy groups -OCH3 is 1. The number of carbonyl (C=O) groups excluding carboxylic acids is 2. The molecule has 2 N–H and O–H groups in total. The van der Waals surface area contributed by atoms with Crippen LogP contribution in [0.4, 0.5) is 5.69 Å². The van der Waals surface area contributed by atoms with Gasteiger partial charge in [0, 0.05) is 17.7 Å². The maximum atomic E-state index is 11.8. The average molecular weight is 345 g/mol. The first-order valence-electron chi connectivity index (χ1n) is 7.10. The minimum Gasteiger partial charge on any atom is -0.493 e. The SMILES string of the molecule is COc1ccccc1OCC(=O)NNC(=O)c1ccc([N+](=O)[O-])cc1. The van der Waals surface area contributed by atoms with Crippen molar-refractivity contribution < 1.29 is 24.0 Å². The Balaban J connectivity index is 1.83. The topological polar surface area (TPSA) is 120 Å². The molecule has 25 heavy (non-hydrogen) atoms. The van der Waals surface area contributed by atoms with Gasteiger partial charge < -0.3 is 9.47 Å². The van der Waals surface area contributed by atoms with E-state index in [1.807, 2.05) is 0 Å². The van der Waals surface area contributed by atoms with Gasteiger partial charge in [-0.1, -0.05) is 12.1 Å². The summed E-state index contributed by atoms with van der Waals surface area (Å²) in [6, 6.07) is 11.8. The number of nitrogens with one attached hydrogen (secondary N) is 2. The number of nitro benzene ring substituents is 1. The van der Waals surface area contributed by atoms with Crippen LogP contribution in [0.1, 0.15) is 10.4 Å². The van der Waals surface area contributed by atoms with Crippen molar-refractivity contribution in [3.05, 3.63) is 64.2 Å². The second-order valence-electron chi connectivity index (χ2n) is 4.75. The van der Waals surface area contributed by atoms with Crippen molar-refractivity contribution in [3.8, 4) is 11.5 Å². The van der Waals surface area contributed by atoms with Crippen LogP contribution in [-0.2, 0) is 4.79 Å². The monoisotopic (exact) mass is 345 g/mol. The number of nitrogens with zero attached hydrogens (tertiary/aromatic N) is 1. The molecule has 2 rings (SSSR count). The summed E-state index contributed by atoms with van der Waals surface area (Å²) >= 11 is 0. The minimum absolute atomic E-state index is 0.134. The molecule has 9 nitrogen and oxygen atoms in total. The lowest BCUT2D eigenvalue weighted by Crippen LogP contribution is -2.43. The molecule has 0 spiro atoms. The van der Waals surface area contributed by atoms with Crippen LogP contribution in [0.15, 0.2) is 48.5 Å². The standard InChI is InChI=1S/C16H15N3O6/c1-24-13-4-2-3-5-14(13)25-10-15(20)17-18-16(21)11-6-8-12(9-7-11)19(22)23/h2-9H,10H2,1H3,(H,17,20)(H,18,21). The Labute approximate surface area is 142 Å². The molecular formula is C16H15N3O6. The van der Waals surface area contributed by atoms with E-state index in [0.29, 0.717) is 11.5 Å². The van der Waals surface area contributed by atoms with Gasteiger partial charge in [0.25, 0.3) is 17.5 Å². The van der Waals surface area contributed by atoms with E-state index in [4.69, 9.17) is 9.47 Å². The summed E-state index contributed by atoms with van der Waals surface area (Å²) in [5, 5.41) is 10.6. The molecule has 0 saturated heterocycles. The first-order chi connectivity index (χ1) is 12.0. The van der Waals surface area contributed by atoms with Crippen molar-refractivity contribution in [3.63, 3.8) is 0 Å². The van der Waals surface area contributed by atoms with Gasteiger partial charge in [-0.05, 0) is 24.3 Å². The van der Waals surface area contributed by atoms with Gasteiger partial charge in [-0.25, -0.2) is 0 Å². The van der Waals surface area contributed by atoms with E-state index in [0.717, 1.165) is 0 Å². The van der Waals surface area contributed by atoms with Crippen LogP contribution in [0.25, 0.3) is 0 Å². The normalized spacial score (nSPS) is 9.80. The van der Waals surface area contributed by atoms with Crippen molar-refractivity contribution in [2.45, 2.75) is 0 Å². The Morgan fingerprint density at radius 3 is 2.28 bits per heavy atom. The highest BCUT2D eigenvalue weighted by Crippen LogP contribution is 2.25. The molecule has 0 atom stereocenters. The summed E-state index contributed by atoms with van der Waals surface area (Å²) in [5.41, 5.74) is 4.41. The van der Waals surface area contributed by atoms with Gasteiger partial charge in [-0.2, -0.15) is 0 Å². The number of para-hydroxylation sites is 2. The maximum Gasteiger partial charge on any atom is 0.276 e. The predicted octanol–water partition coefficient (Wildman–Crippen LogP) is 1.44. The summed E-state index contributed by atoms with van der Waals surface area (Å²) in [6.07, 6.45) is 0. The zero-order chi connectivity index (χ0) is 18.2. The maximum absolute atomic E-state index is 11.8. The first-order valence-corrected chi connectivity index (χ1v) is 7.10. The van der Waals surface area contributed by atoms with Crippen LogP contribution < -0.4 is 20.3 Å². The molecule has 2 aromatic carbocycles. The van der Waals surface area contributed by atoms with Gasteiger partial charge in [-0.15, -0.1) is 0 Å². The highest BCUT2D eigenvalue weighted by atomic mass is 16.6. The number of hydrogen-bond acceptors (Lipinski definition) is 6. The molecule has 0 aromatic heterocycles. The summed E-state index contributed by atoms with van der Waals surface area (Å²) in [7, 11) is 1.48. The summed E-state index contributed by atoms with van der Waals surface area (Å²) in [5.74, 6) is -0.325. The van der Waals surface area contributed by atoms with E-state index < -0.39 is 16.7 Å². The third-order valence-electron chi connectivity index (χ3n) is 3.08. The molecule has 0 aliphatic carbocycles. The highest BCUT2D eigenvalue weighted by molar-refractivity contribution is 5.95. The largest absolute Gasteiger partial charge is 0.493 e.